The number of ketones is 1. The lowest BCUT2D eigenvalue weighted by Gasteiger charge is -2.35. The highest BCUT2D eigenvalue weighted by Gasteiger charge is 2.47. The number of benzene rings is 2. The van der Waals surface area contributed by atoms with Crippen LogP contribution in [0.1, 0.15) is 49.5 Å². The molecule has 0 N–H and O–H groups in total. The van der Waals surface area contributed by atoms with Crippen LogP contribution in [0.25, 0.3) is 0 Å². The van der Waals surface area contributed by atoms with Gasteiger partial charge < -0.3 is 19.1 Å². The molecule has 2 heterocycles. The number of carbonyl (C=O) groups excluding carboxylic acids is 2. The maximum Gasteiger partial charge on any atom is 0.410 e. The maximum absolute atomic E-state index is 12.9. The molecular weight excluding hydrogens is 382 g/mol. The third-order valence-corrected chi connectivity index (χ3v) is 5.28. The van der Waals surface area contributed by atoms with Gasteiger partial charge in [0.15, 0.2) is 5.78 Å². The molecule has 6 nitrogen and oxygen atoms in total. The van der Waals surface area contributed by atoms with E-state index in [-0.39, 0.29) is 18.3 Å². The molecule has 4 rings (SSSR count). The van der Waals surface area contributed by atoms with Gasteiger partial charge in [-0.1, -0.05) is 30.3 Å². The van der Waals surface area contributed by atoms with Crippen molar-refractivity contribution < 1.29 is 23.8 Å². The van der Waals surface area contributed by atoms with Crippen LogP contribution in [0.4, 0.5) is 4.79 Å². The number of hydrogen-bond donors (Lipinski definition) is 0. The molecule has 0 aromatic heterocycles. The van der Waals surface area contributed by atoms with Crippen molar-refractivity contribution in [3.05, 3.63) is 59.7 Å². The number of fused-ring (bicyclic) bond motifs is 1. The average Bonchev–Trinajstić information content (AvgIpc) is 3.09. The van der Waals surface area contributed by atoms with Crippen LogP contribution in [0.5, 0.6) is 11.5 Å². The molecule has 2 aromatic carbocycles. The van der Waals surface area contributed by atoms with Gasteiger partial charge in [0.05, 0.1) is 18.5 Å². The molecule has 1 spiro atoms. The zero-order valence-electron chi connectivity index (χ0n) is 17.6. The molecule has 1 saturated heterocycles. The van der Waals surface area contributed by atoms with Crippen LogP contribution in [0.3, 0.4) is 0 Å². The quantitative estimate of drug-likeness (QED) is 0.741. The number of nitrogens with zero attached hydrogens (tertiary/aromatic N) is 1. The predicted molar refractivity (Wildman–Crippen MR) is 112 cm³/mol. The van der Waals surface area contributed by atoms with Crippen LogP contribution in [0.2, 0.25) is 0 Å². The molecule has 2 aromatic rings. The second-order valence-electron chi connectivity index (χ2n) is 8.97. The van der Waals surface area contributed by atoms with Gasteiger partial charge in [-0.25, -0.2) is 4.79 Å². The standard InChI is InChI=1S/C24H27NO5/c1-23(2,3)30-22(27)25-12-11-24(16-25)14-20(26)19-13-18(9-10-21(19)29-24)28-15-17-7-5-4-6-8-17/h4-10,13H,11-12,14-16H2,1-3H3/t24-/m1/s1. The Balaban J connectivity index is 1.44. The van der Waals surface area contributed by atoms with Gasteiger partial charge >= 0.3 is 6.09 Å². The number of Topliss-reactive ketones (excluding diaryl/α,β-unsaturated/α-hetero) is 1. The van der Waals surface area contributed by atoms with E-state index < -0.39 is 11.2 Å². The Bertz CT molecular complexity index is 950. The number of rotatable bonds is 3. The van der Waals surface area contributed by atoms with Crippen molar-refractivity contribution in [1.29, 1.82) is 0 Å². The smallest absolute Gasteiger partial charge is 0.410 e. The Labute approximate surface area is 176 Å². The van der Waals surface area contributed by atoms with Gasteiger partial charge in [0, 0.05) is 13.0 Å². The summed E-state index contributed by atoms with van der Waals surface area (Å²) in [5.41, 5.74) is 0.346. The number of likely N-dealkylation sites (tertiary alicyclic amines) is 1. The lowest BCUT2D eigenvalue weighted by Crippen LogP contribution is -2.46. The highest BCUT2D eigenvalue weighted by atomic mass is 16.6. The van der Waals surface area contributed by atoms with E-state index in [4.69, 9.17) is 14.2 Å². The molecule has 0 saturated carbocycles. The molecule has 0 aliphatic carbocycles. The van der Waals surface area contributed by atoms with Crippen LogP contribution in [-0.4, -0.2) is 41.1 Å². The van der Waals surface area contributed by atoms with Crippen LogP contribution in [0, 0.1) is 0 Å². The second-order valence-corrected chi connectivity index (χ2v) is 8.97. The highest BCUT2D eigenvalue weighted by molar-refractivity contribution is 6.00. The van der Waals surface area contributed by atoms with E-state index in [1.165, 1.54) is 0 Å². The van der Waals surface area contributed by atoms with Gasteiger partial charge in [-0.2, -0.15) is 0 Å². The molecular formula is C24H27NO5. The first-order valence-electron chi connectivity index (χ1n) is 10.2. The third kappa shape index (κ3) is 4.42. The first kappa shape index (κ1) is 20.3. The van der Waals surface area contributed by atoms with Gasteiger partial charge in [-0.3, -0.25) is 4.79 Å². The molecule has 2 aliphatic heterocycles. The summed E-state index contributed by atoms with van der Waals surface area (Å²) in [5, 5.41) is 0. The van der Waals surface area contributed by atoms with Crippen LogP contribution in [-0.2, 0) is 11.3 Å². The fraction of sp³-hybridized carbons (Fsp3) is 0.417. The van der Waals surface area contributed by atoms with Gasteiger partial charge in [0.1, 0.15) is 29.3 Å². The van der Waals surface area contributed by atoms with Crippen LogP contribution in [0.15, 0.2) is 48.5 Å². The van der Waals surface area contributed by atoms with E-state index >= 15 is 0 Å². The van der Waals surface area contributed by atoms with Crippen LogP contribution >= 0.6 is 0 Å². The van der Waals surface area contributed by atoms with E-state index in [0.29, 0.717) is 43.2 Å². The molecule has 0 radical (unpaired) electrons. The van der Waals surface area contributed by atoms with Crippen LogP contribution < -0.4 is 9.47 Å². The van der Waals surface area contributed by atoms with Gasteiger partial charge in [0.2, 0.25) is 0 Å². The largest absolute Gasteiger partial charge is 0.489 e. The van der Waals surface area contributed by atoms with E-state index in [0.717, 1.165) is 5.56 Å². The Morgan fingerprint density at radius 2 is 1.93 bits per heavy atom. The summed E-state index contributed by atoms with van der Waals surface area (Å²) < 4.78 is 17.6. The van der Waals surface area contributed by atoms with Gasteiger partial charge in [0.25, 0.3) is 0 Å². The first-order chi connectivity index (χ1) is 14.2. The third-order valence-electron chi connectivity index (χ3n) is 5.28. The normalized spacial score (nSPS) is 20.6. The lowest BCUT2D eigenvalue weighted by molar-refractivity contribution is 0.0171. The topological polar surface area (TPSA) is 65.1 Å². The molecule has 0 unspecified atom stereocenters. The zero-order valence-corrected chi connectivity index (χ0v) is 17.6. The molecule has 2 aliphatic rings. The van der Waals surface area contributed by atoms with E-state index in [1.807, 2.05) is 57.2 Å². The number of amides is 1. The Kier molecular flexibility index (Phi) is 5.18. The first-order valence-corrected chi connectivity index (χ1v) is 10.2. The second kappa shape index (κ2) is 7.67. The summed E-state index contributed by atoms with van der Waals surface area (Å²) in [6, 6.07) is 15.2. The van der Waals surface area contributed by atoms with Gasteiger partial charge in [-0.15, -0.1) is 0 Å². The van der Waals surface area contributed by atoms with Crippen molar-refractivity contribution in [1.82, 2.24) is 4.90 Å². The fourth-order valence-electron chi connectivity index (χ4n) is 3.86. The Hall–Kier alpha value is -3.02. The minimum absolute atomic E-state index is 0.00690. The van der Waals surface area contributed by atoms with Crippen molar-refractivity contribution >= 4 is 11.9 Å². The minimum atomic E-state index is -0.687. The molecule has 1 atom stereocenters. The molecule has 158 valence electrons. The minimum Gasteiger partial charge on any atom is -0.489 e. The summed E-state index contributed by atoms with van der Waals surface area (Å²) in [6.45, 7) is 6.81. The Morgan fingerprint density at radius 3 is 2.67 bits per heavy atom. The van der Waals surface area contributed by atoms with Crippen molar-refractivity contribution in [2.75, 3.05) is 13.1 Å². The molecule has 0 bridgehead atoms. The van der Waals surface area contributed by atoms with E-state index in [9.17, 15) is 9.59 Å². The molecule has 6 heteroatoms. The van der Waals surface area contributed by atoms with E-state index in [2.05, 4.69) is 0 Å². The van der Waals surface area contributed by atoms with Gasteiger partial charge in [-0.05, 0) is 44.5 Å². The number of carbonyl (C=O) groups is 2. The van der Waals surface area contributed by atoms with Crippen molar-refractivity contribution in [3.8, 4) is 11.5 Å². The molecule has 1 amide bonds. The number of hydrogen-bond acceptors (Lipinski definition) is 5. The highest BCUT2D eigenvalue weighted by Crippen LogP contribution is 2.40. The fourth-order valence-corrected chi connectivity index (χ4v) is 3.86. The molecule has 1 fully saturated rings. The summed E-state index contributed by atoms with van der Waals surface area (Å²) >= 11 is 0. The average molecular weight is 409 g/mol. The summed E-state index contributed by atoms with van der Waals surface area (Å²) in [6.07, 6.45) is 0.469. The van der Waals surface area contributed by atoms with E-state index in [1.54, 1.807) is 17.0 Å². The summed E-state index contributed by atoms with van der Waals surface area (Å²) in [5.74, 6) is 1.18. The van der Waals surface area contributed by atoms with Crippen molar-refractivity contribution in [2.24, 2.45) is 0 Å². The maximum atomic E-state index is 12.9. The summed E-state index contributed by atoms with van der Waals surface area (Å²) in [7, 11) is 0. The predicted octanol–water partition coefficient (Wildman–Crippen LogP) is 4.61. The summed E-state index contributed by atoms with van der Waals surface area (Å²) in [4.78, 5) is 26.9. The lowest BCUT2D eigenvalue weighted by atomic mass is 9.89. The number of ether oxygens (including phenoxy) is 3. The Morgan fingerprint density at radius 1 is 1.17 bits per heavy atom. The van der Waals surface area contributed by atoms with Crippen molar-refractivity contribution in [3.63, 3.8) is 0 Å². The monoisotopic (exact) mass is 409 g/mol. The SMILES string of the molecule is CC(C)(C)OC(=O)N1CC[C@@]2(CC(=O)c3cc(OCc4ccccc4)ccc3O2)C1. The molecule has 30 heavy (non-hydrogen) atoms. The zero-order chi connectivity index (χ0) is 21.4. The van der Waals surface area contributed by atoms with Crippen molar-refractivity contribution in [2.45, 2.75) is 51.4 Å².